The molecule has 0 unspecified atom stereocenters. The molecule has 3 aromatic rings. The summed E-state index contributed by atoms with van der Waals surface area (Å²) in [6.45, 7) is 0. The van der Waals surface area contributed by atoms with Crippen LogP contribution < -0.4 is 14.9 Å². The Kier molecular flexibility index (Phi) is 6.15. The van der Waals surface area contributed by atoms with Gasteiger partial charge < -0.3 is 9.47 Å². The molecule has 6 nitrogen and oxygen atoms in total. The van der Waals surface area contributed by atoms with Gasteiger partial charge in [-0.3, -0.25) is 4.79 Å². The predicted molar refractivity (Wildman–Crippen MR) is 106 cm³/mol. The highest BCUT2D eigenvalue weighted by molar-refractivity contribution is 5.95. The zero-order valence-corrected chi connectivity index (χ0v) is 15.2. The summed E-state index contributed by atoms with van der Waals surface area (Å²) in [6, 6.07) is 22.3. The van der Waals surface area contributed by atoms with E-state index in [2.05, 4.69) is 10.5 Å². The van der Waals surface area contributed by atoms with Crippen LogP contribution >= 0.6 is 0 Å². The number of hydrazone groups is 1. The summed E-state index contributed by atoms with van der Waals surface area (Å²) in [5, 5.41) is 3.94. The first-order chi connectivity index (χ1) is 13.7. The minimum atomic E-state index is -0.422. The number of hydrogen-bond donors (Lipinski definition) is 1. The summed E-state index contributed by atoms with van der Waals surface area (Å²) in [5.41, 5.74) is 4.16. The van der Waals surface area contributed by atoms with Gasteiger partial charge in [0.25, 0.3) is 5.91 Å². The molecule has 0 spiro atoms. The first-order valence-electron chi connectivity index (χ1n) is 8.50. The number of esters is 1. The molecule has 0 aliphatic carbocycles. The molecule has 0 saturated heterocycles. The lowest BCUT2D eigenvalue weighted by molar-refractivity contribution is 0.0734. The lowest BCUT2D eigenvalue weighted by atomic mass is 10.2. The molecule has 0 bridgehead atoms. The zero-order valence-electron chi connectivity index (χ0n) is 15.2. The number of rotatable bonds is 6. The van der Waals surface area contributed by atoms with E-state index in [-0.39, 0.29) is 5.91 Å². The van der Waals surface area contributed by atoms with E-state index in [1.165, 1.54) is 6.21 Å². The average Bonchev–Trinajstić information content (AvgIpc) is 2.75. The monoisotopic (exact) mass is 374 g/mol. The third-order valence-electron chi connectivity index (χ3n) is 3.83. The molecule has 6 heteroatoms. The van der Waals surface area contributed by atoms with Gasteiger partial charge in [-0.05, 0) is 66.2 Å². The molecular formula is C22H18N2O4. The first-order valence-corrected chi connectivity index (χ1v) is 8.50. The number of nitrogens with zero attached hydrogens (tertiary/aromatic N) is 1. The Balaban J connectivity index is 1.54. The quantitative estimate of drug-likeness (QED) is 0.309. The number of amides is 1. The summed E-state index contributed by atoms with van der Waals surface area (Å²) in [7, 11) is 1.56. The van der Waals surface area contributed by atoms with E-state index in [0.29, 0.717) is 22.6 Å². The molecule has 1 N–H and O–H groups in total. The Hall–Kier alpha value is -3.93. The smallest absolute Gasteiger partial charge is 0.343 e. The van der Waals surface area contributed by atoms with Gasteiger partial charge in [0.15, 0.2) is 0 Å². The number of nitrogens with one attached hydrogen (secondary N) is 1. The zero-order chi connectivity index (χ0) is 19.8. The van der Waals surface area contributed by atoms with Crippen LogP contribution in [0.25, 0.3) is 0 Å². The van der Waals surface area contributed by atoms with Crippen molar-refractivity contribution in [3.8, 4) is 11.5 Å². The Morgan fingerprint density at radius 2 is 1.46 bits per heavy atom. The Morgan fingerprint density at radius 3 is 2.11 bits per heavy atom. The highest BCUT2D eigenvalue weighted by Crippen LogP contribution is 2.14. The summed E-state index contributed by atoms with van der Waals surface area (Å²) in [5.74, 6) is 0.350. The minimum absolute atomic E-state index is 0.327. The van der Waals surface area contributed by atoms with Gasteiger partial charge in [-0.25, -0.2) is 10.2 Å². The van der Waals surface area contributed by atoms with E-state index in [9.17, 15) is 9.59 Å². The van der Waals surface area contributed by atoms with Crippen LogP contribution in [0.1, 0.15) is 26.3 Å². The van der Waals surface area contributed by atoms with Crippen LogP contribution in [0.3, 0.4) is 0 Å². The van der Waals surface area contributed by atoms with Crippen LogP contribution in [0, 0.1) is 0 Å². The van der Waals surface area contributed by atoms with Crippen LogP contribution in [-0.4, -0.2) is 25.2 Å². The molecule has 0 heterocycles. The molecule has 0 saturated carbocycles. The van der Waals surface area contributed by atoms with Crippen molar-refractivity contribution in [3.63, 3.8) is 0 Å². The topological polar surface area (TPSA) is 77.0 Å². The van der Waals surface area contributed by atoms with Crippen molar-refractivity contribution in [1.29, 1.82) is 0 Å². The fourth-order valence-corrected chi connectivity index (χ4v) is 2.33. The van der Waals surface area contributed by atoms with Gasteiger partial charge in [0.1, 0.15) is 11.5 Å². The Labute approximate surface area is 162 Å². The van der Waals surface area contributed by atoms with Crippen molar-refractivity contribution in [3.05, 3.63) is 95.6 Å². The number of hydrogen-bond acceptors (Lipinski definition) is 5. The number of ether oxygens (including phenoxy) is 2. The standard InChI is InChI=1S/C22H18N2O4/c1-27-19-13-9-17(10-14-19)21(25)24-23-15-16-7-11-20(12-8-16)28-22(26)18-5-3-2-4-6-18/h2-15H,1H3,(H,24,25). The van der Waals surface area contributed by atoms with Crippen molar-refractivity contribution < 1.29 is 19.1 Å². The molecule has 3 aromatic carbocycles. The normalized spacial score (nSPS) is 10.5. The maximum Gasteiger partial charge on any atom is 0.343 e. The van der Waals surface area contributed by atoms with Crippen molar-refractivity contribution in [2.75, 3.05) is 7.11 Å². The highest BCUT2D eigenvalue weighted by Gasteiger charge is 2.07. The molecule has 0 radical (unpaired) electrons. The highest BCUT2D eigenvalue weighted by atomic mass is 16.5. The van der Waals surface area contributed by atoms with Crippen LogP contribution in [-0.2, 0) is 0 Å². The van der Waals surface area contributed by atoms with Gasteiger partial charge >= 0.3 is 5.97 Å². The number of carbonyl (C=O) groups is 2. The molecule has 3 rings (SSSR count). The van der Waals surface area contributed by atoms with Crippen molar-refractivity contribution >= 4 is 18.1 Å². The maximum absolute atomic E-state index is 12.0. The third-order valence-corrected chi connectivity index (χ3v) is 3.83. The summed E-state index contributed by atoms with van der Waals surface area (Å²) in [6.07, 6.45) is 1.50. The fraction of sp³-hybridized carbons (Fsp3) is 0.0455. The van der Waals surface area contributed by atoms with Gasteiger partial charge in [-0.2, -0.15) is 5.10 Å². The second kappa shape index (κ2) is 9.14. The Bertz CT molecular complexity index is 966. The van der Waals surface area contributed by atoms with E-state index in [1.807, 2.05) is 6.07 Å². The van der Waals surface area contributed by atoms with Gasteiger partial charge in [-0.1, -0.05) is 18.2 Å². The van der Waals surface area contributed by atoms with Crippen molar-refractivity contribution in [1.82, 2.24) is 5.43 Å². The van der Waals surface area contributed by atoms with E-state index >= 15 is 0 Å². The Morgan fingerprint density at radius 1 is 0.821 bits per heavy atom. The van der Waals surface area contributed by atoms with Crippen LogP contribution in [0.5, 0.6) is 11.5 Å². The maximum atomic E-state index is 12.0. The van der Waals surface area contributed by atoms with E-state index in [0.717, 1.165) is 5.56 Å². The number of benzene rings is 3. The van der Waals surface area contributed by atoms with Crippen LogP contribution in [0.2, 0.25) is 0 Å². The van der Waals surface area contributed by atoms with E-state index < -0.39 is 5.97 Å². The molecule has 0 fully saturated rings. The molecule has 0 aliphatic rings. The van der Waals surface area contributed by atoms with Gasteiger partial charge in [0.2, 0.25) is 0 Å². The summed E-state index contributed by atoms with van der Waals surface area (Å²) >= 11 is 0. The third kappa shape index (κ3) is 5.04. The summed E-state index contributed by atoms with van der Waals surface area (Å²) in [4.78, 5) is 24.0. The van der Waals surface area contributed by atoms with Crippen molar-refractivity contribution in [2.24, 2.45) is 5.10 Å². The van der Waals surface area contributed by atoms with Crippen molar-refractivity contribution in [2.45, 2.75) is 0 Å². The molecule has 0 aliphatic heterocycles. The van der Waals surface area contributed by atoms with E-state index in [1.54, 1.807) is 79.9 Å². The molecule has 28 heavy (non-hydrogen) atoms. The minimum Gasteiger partial charge on any atom is -0.497 e. The second-order valence-corrected chi connectivity index (χ2v) is 5.75. The lowest BCUT2D eigenvalue weighted by Gasteiger charge is -2.04. The number of carbonyl (C=O) groups excluding carboxylic acids is 2. The summed E-state index contributed by atoms with van der Waals surface area (Å²) < 4.78 is 10.4. The van der Waals surface area contributed by atoms with Gasteiger partial charge in [-0.15, -0.1) is 0 Å². The first kappa shape index (κ1) is 18.8. The molecule has 1 amide bonds. The lowest BCUT2D eigenvalue weighted by Crippen LogP contribution is -2.17. The second-order valence-electron chi connectivity index (χ2n) is 5.75. The van der Waals surface area contributed by atoms with Crippen LogP contribution in [0.4, 0.5) is 0 Å². The average molecular weight is 374 g/mol. The molecular weight excluding hydrogens is 356 g/mol. The largest absolute Gasteiger partial charge is 0.497 e. The molecule has 0 aromatic heterocycles. The molecule has 0 atom stereocenters. The number of methoxy groups -OCH3 is 1. The van der Waals surface area contributed by atoms with E-state index in [4.69, 9.17) is 9.47 Å². The predicted octanol–water partition coefficient (Wildman–Crippen LogP) is 3.68. The molecule has 140 valence electrons. The fourth-order valence-electron chi connectivity index (χ4n) is 2.33. The SMILES string of the molecule is COc1ccc(C(=O)NN=Cc2ccc(OC(=O)c3ccccc3)cc2)cc1. The van der Waals surface area contributed by atoms with Gasteiger partial charge in [0, 0.05) is 5.56 Å². The van der Waals surface area contributed by atoms with Gasteiger partial charge in [0.05, 0.1) is 18.9 Å². The van der Waals surface area contributed by atoms with Crippen LogP contribution in [0.15, 0.2) is 84.0 Å².